The van der Waals surface area contributed by atoms with Crippen LogP contribution in [0.15, 0.2) is 48.9 Å². The van der Waals surface area contributed by atoms with Crippen molar-refractivity contribution in [1.29, 1.82) is 0 Å². The first-order valence-electron chi connectivity index (χ1n) is 14.4. The topological polar surface area (TPSA) is 75.6 Å². The van der Waals surface area contributed by atoms with Crippen molar-refractivity contribution in [2.75, 3.05) is 58.3 Å². The molecule has 4 heterocycles. The average molecular weight is 593 g/mol. The number of aryl methyl sites for hydroxylation is 1. The van der Waals surface area contributed by atoms with Crippen molar-refractivity contribution < 1.29 is 9.47 Å². The minimum absolute atomic E-state index is 0.368. The maximum atomic E-state index is 6.58. The van der Waals surface area contributed by atoms with Gasteiger partial charge in [0.05, 0.1) is 22.7 Å². The summed E-state index contributed by atoms with van der Waals surface area (Å²) in [4.78, 5) is 21.3. The number of anilines is 2. The number of fused-ring (bicyclic) bond motifs is 3. The second-order valence-corrected chi connectivity index (χ2v) is 12.4. The van der Waals surface area contributed by atoms with Crippen LogP contribution >= 0.6 is 22.9 Å². The zero-order valence-electron chi connectivity index (χ0n) is 23.5. The van der Waals surface area contributed by atoms with Crippen LogP contribution in [0, 0.1) is 5.92 Å². The standard InChI is InChI=1S/C31H37ClN6O2S/c1-39-17-16-38-14-12-37(13-15-38)11-9-22-5-7-25-28(18-22)41-31-29(25)30(34-21-35-31)36-23-6-8-27(26(32)19-23)40-20-24-4-2-3-10-33-24/h2-4,6,8,10,19,21-22H,5,7,9,11-18,20H2,1H3,(H,34,35,36). The van der Waals surface area contributed by atoms with Crippen LogP contribution < -0.4 is 10.1 Å². The van der Waals surface area contributed by atoms with Crippen molar-refractivity contribution in [3.8, 4) is 5.75 Å². The molecule has 41 heavy (non-hydrogen) atoms. The van der Waals surface area contributed by atoms with Gasteiger partial charge in [-0.05, 0) is 74.0 Å². The first kappa shape index (κ1) is 28.3. The lowest BCUT2D eigenvalue weighted by atomic mass is 9.85. The monoisotopic (exact) mass is 592 g/mol. The Hall–Kier alpha value is -2.82. The number of hydrogen-bond acceptors (Lipinski definition) is 9. The van der Waals surface area contributed by atoms with Gasteiger partial charge in [-0.25, -0.2) is 9.97 Å². The summed E-state index contributed by atoms with van der Waals surface area (Å²) in [5, 5.41) is 5.21. The van der Waals surface area contributed by atoms with E-state index in [0.29, 0.717) is 17.4 Å². The molecule has 0 bridgehead atoms. The summed E-state index contributed by atoms with van der Waals surface area (Å²) < 4.78 is 11.1. The number of aromatic nitrogens is 3. The molecule has 0 amide bonds. The van der Waals surface area contributed by atoms with Gasteiger partial charge in [0.15, 0.2) is 0 Å². The summed E-state index contributed by atoms with van der Waals surface area (Å²) in [7, 11) is 1.78. The van der Waals surface area contributed by atoms with E-state index in [2.05, 4.69) is 30.1 Å². The lowest BCUT2D eigenvalue weighted by molar-refractivity contribution is 0.0937. The Bertz CT molecular complexity index is 1440. The van der Waals surface area contributed by atoms with E-state index in [1.165, 1.54) is 29.8 Å². The van der Waals surface area contributed by atoms with E-state index in [0.717, 1.165) is 85.5 Å². The maximum absolute atomic E-state index is 6.58. The summed E-state index contributed by atoms with van der Waals surface area (Å²) >= 11 is 8.41. The van der Waals surface area contributed by atoms with Crippen LogP contribution in [-0.2, 0) is 24.2 Å². The minimum atomic E-state index is 0.368. The van der Waals surface area contributed by atoms with Crippen molar-refractivity contribution in [2.24, 2.45) is 5.92 Å². The van der Waals surface area contributed by atoms with E-state index >= 15 is 0 Å². The Morgan fingerprint density at radius 2 is 1.90 bits per heavy atom. The molecule has 6 rings (SSSR count). The number of piperazine rings is 1. The average Bonchev–Trinajstić information content (AvgIpc) is 3.38. The highest BCUT2D eigenvalue weighted by atomic mass is 35.5. The molecule has 4 aromatic rings. The molecular weight excluding hydrogens is 556 g/mol. The van der Waals surface area contributed by atoms with E-state index in [4.69, 9.17) is 21.1 Å². The summed E-state index contributed by atoms with van der Waals surface area (Å²) in [6.45, 7) is 8.05. The molecule has 8 nitrogen and oxygen atoms in total. The van der Waals surface area contributed by atoms with Gasteiger partial charge in [-0.2, -0.15) is 0 Å². The third-order valence-electron chi connectivity index (χ3n) is 8.17. The second-order valence-electron chi connectivity index (χ2n) is 10.9. The fraction of sp³-hybridized carbons (Fsp3) is 0.452. The number of ether oxygens (including phenoxy) is 2. The second kappa shape index (κ2) is 13.4. The van der Waals surface area contributed by atoms with Crippen molar-refractivity contribution in [3.05, 3.63) is 70.1 Å². The van der Waals surface area contributed by atoms with Gasteiger partial charge in [-0.15, -0.1) is 11.3 Å². The maximum Gasteiger partial charge on any atom is 0.142 e. The highest BCUT2D eigenvalue weighted by Gasteiger charge is 2.26. The van der Waals surface area contributed by atoms with Crippen LogP contribution in [0.4, 0.5) is 11.5 Å². The summed E-state index contributed by atoms with van der Waals surface area (Å²) in [6, 6.07) is 11.5. The van der Waals surface area contributed by atoms with Crippen molar-refractivity contribution in [2.45, 2.75) is 32.3 Å². The minimum Gasteiger partial charge on any atom is -0.486 e. The number of benzene rings is 1. The lowest BCUT2D eigenvalue weighted by Gasteiger charge is -2.35. The molecule has 1 unspecified atom stereocenters. The summed E-state index contributed by atoms with van der Waals surface area (Å²) in [5.41, 5.74) is 3.14. The van der Waals surface area contributed by atoms with Gasteiger partial charge in [-0.1, -0.05) is 17.7 Å². The van der Waals surface area contributed by atoms with Gasteiger partial charge in [0.1, 0.15) is 29.3 Å². The van der Waals surface area contributed by atoms with Crippen LogP contribution in [0.5, 0.6) is 5.75 Å². The lowest BCUT2D eigenvalue weighted by Crippen LogP contribution is -2.47. The molecule has 0 radical (unpaired) electrons. The number of thiophene rings is 1. The predicted octanol–water partition coefficient (Wildman–Crippen LogP) is 5.82. The normalized spacial score (nSPS) is 18.0. The fourth-order valence-electron chi connectivity index (χ4n) is 5.81. The number of halogens is 1. The molecule has 3 aromatic heterocycles. The molecular formula is C31H37ClN6O2S. The zero-order chi connectivity index (χ0) is 28.0. The van der Waals surface area contributed by atoms with E-state index in [1.54, 1.807) is 19.6 Å². The fourth-order valence-corrected chi connectivity index (χ4v) is 7.35. The van der Waals surface area contributed by atoms with E-state index < -0.39 is 0 Å². The number of hydrogen-bond donors (Lipinski definition) is 1. The van der Waals surface area contributed by atoms with Gasteiger partial charge >= 0.3 is 0 Å². The van der Waals surface area contributed by atoms with Gasteiger partial charge in [0, 0.05) is 56.6 Å². The third-order valence-corrected chi connectivity index (χ3v) is 9.63. The molecule has 1 aliphatic heterocycles. The molecule has 2 aliphatic rings. The van der Waals surface area contributed by atoms with Crippen LogP contribution in [0.25, 0.3) is 10.2 Å². The Morgan fingerprint density at radius 3 is 2.68 bits per heavy atom. The number of methoxy groups -OCH3 is 1. The SMILES string of the molecule is COCCN1CCN(CCC2CCc3c(sc4ncnc(Nc5ccc(OCc6ccccn6)c(Cl)c5)c34)C2)CC1. The van der Waals surface area contributed by atoms with Crippen LogP contribution in [0.3, 0.4) is 0 Å². The molecule has 1 atom stereocenters. The highest BCUT2D eigenvalue weighted by molar-refractivity contribution is 7.19. The zero-order valence-corrected chi connectivity index (χ0v) is 25.1. The Balaban J connectivity index is 1.07. The summed E-state index contributed by atoms with van der Waals surface area (Å²) in [5.74, 6) is 2.20. The predicted molar refractivity (Wildman–Crippen MR) is 166 cm³/mol. The number of nitrogens with one attached hydrogen (secondary N) is 1. The molecule has 0 spiro atoms. The molecule has 1 fully saturated rings. The Labute approximate surface area is 250 Å². The van der Waals surface area contributed by atoms with E-state index in [9.17, 15) is 0 Å². The van der Waals surface area contributed by atoms with Crippen molar-refractivity contribution in [1.82, 2.24) is 24.8 Å². The molecule has 0 saturated carbocycles. The highest BCUT2D eigenvalue weighted by Crippen LogP contribution is 2.41. The van der Waals surface area contributed by atoms with Gasteiger partial charge in [-0.3, -0.25) is 9.88 Å². The first-order valence-corrected chi connectivity index (χ1v) is 15.6. The Kier molecular flexibility index (Phi) is 9.28. The molecule has 1 N–H and O–H groups in total. The first-order chi connectivity index (χ1) is 20.2. The van der Waals surface area contributed by atoms with Crippen molar-refractivity contribution >= 4 is 44.7 Å². The number of nitrogens with zero attached hydrogens (tertiary/aromatic N) is 5. The number of pyridine rings is 1. The van der Waals surface area contributed by atoms with Gasteiger partial charge < -0.3 is 19.7 Å². The van der Waals surface area contributed by atoms with E-state index in [-0.39, 0.29) is 0 Å². The molecule has 216 valence electrons. The smallest absolute Gasteiger partial charge is 0.142 e. The molecule has 10 heteroatoms. The van der Waals surface area contributed by atoms with E-state index in [1.807, 2.05) is 47.7 Å². The quantitative estimate of drug-likeness (QED) is 0.233. The van der Waals surface area contributed by atoms with Crippen LogP contribution in [0.1, 0.15) is 29.0 Å². The Morgan fingerprint density at radius 1 is 1.05 bits per heavy atom. The van der Waals surface area contributed by atoms with Crippen LogP contribution in [0.2, 0.25) is 5.02 Å². The van der Waals surface area contributed by atoms with Gasteiger partial charge in [0.2, 0.25) is 0 Å². The molecule has 1 aliphatic carbocycles. The summed E-state index contributed by atoms with van der Waals surface area (Å²) in [6.07, 6.45) is 8.10. The molecule has 1 aromatic carbocycles. The number of rotatable bonds is 11. The van der Waals surface area contributed by atoms with Crippen LogP contribution in [-0.4, -0.2) is 77.7 Å². The van der Waals surface area contributed by atoms with Gasteiger partial charge in [0.25, 0.3) is 0 Å². The van der Waals surface area contributed by atoms with Crippen molar-refractivity contribution in [3.63, 3.8) is 0 Å². The largest absolute Gasteiger partial charge is 0.486 e. The molecule has 1 saturated heterocycles. The third kappa shape index (κ3) is 6.98.